The third-order valence-electron chi connectivity index (χ3n) is 8.26. The molecule has 0 unspecified atom stereocenters. The first kappa shape index (κ1) is 29.7. The molecule has 5 aromatic rings. The van der Waals surface area contributed by atoms with Gasteiger partial charge < -0.3 is 20.1 Å². The molecule has 0 radical (unpaired) electrons. The summed E-state index contributed by atoms with van der Waals surface area (Å²) in [5, 5.41) is 4.35. The Morgan fingerprint density at radius 2 is 1.57 bits per heavy atom. The molecule has 1 aliphatic heterocycles. The number of H-pyrrole nitrogens is 1. The van der Waals surface area contributed by atoms with Crippen molar-refractivity contribution < 1.29 is 8.42 Å². The quantitative estimate of drug-likeness (QED) is 0.193. The number of anilines is 4. The summed E-state index contributed by atoms with van der Waals surface area (Å²) >= 11 is 0. The lowest BCUT2D eigenvalue weighted by molar-refractivity contribution is 0.313. The van der Waals surface area contributed by atoms with Crippen LogP contribution in [0.15, 0.2) is 83.9 Å². The molecule has 0 spiro atoms. The minimum atomic E-state index is -3.80. The minimum absolute atomic E-state index is 0.0668. The van der Waals surface area contributed by atoms with E-state index in [9.17, 15) is 8.42 Å². The van der Waals surface area contributed by atoms with Crippen LogP contribution in [0.3, 0.4) is 0 Å². The molecule has 228 valence electrons. The van der Waals surface area contributed by atoms with E-state index in [2.05, 4.69) is 76.9 Å². The molecule has 0 saturated carbocycles. The van der Waals surface area contributed by atoms with Crippen molar-refractivity contribution in [2.45, 2.75) is 38.0 Å². The number of nitrogens with zero attached hydrogens (tertiary/aromatic N) is 4. The monoisotopic (exact) mass is 609 g/mol. The van der Waals surface area contributed by atoms with Gasteiger partial charge in [0.05, 0.1) is 16.0 Å². The highest BCUT2D eigenvalue weighted by atomic mass is 32.2. The van der Waals surface area contributed by atoms with Crippen LogP contribution < -0.4 is 14.9 Å². The van der Waals surface area contributed by atoms with Gasteiger partial charge in [-0.2, -0.15) is 0 Å². The first-order valence-corrected chi connectivity index (χ1v) is 16.4. The Morgan fingerprint density at radius 1 is 0.864 bits per heavy atom. The van der Waals surface area contributed by atoms with Gasteiger partial charge in [-0.25, -0.2) is 18.4 Å². The van der Waals surface area contributed by atoms with Gasteiger partial charge in [0.15, 0.2) is 5.82 Å². The van der Waals surface area contributed by atoms with Crippen molar-refractivity contribution in [2.75, 3.05) is 48.2 Å². The molecule has 3 N–H and O–H groups in total. The number of likely N-dealkylation sites (N-methyl/N-ethyl adjacent to an activating group) is 1. The maximum atomic E-state index is 13.3. The third-order valence-corrected chi connectivity index (χ3v) is 9.65. The fourth-order valence-corrected chi connectivity index (χ4v) is 6.56. The van der Waals surface area contributed by atoms with Crippen LogP contribution in [0.25, 0.3) is 22.4 Å². The molecule has 3 aromatic carbocycles. The summed E-state index contributed by atoms with van der Waals surface area (Å²) in [7, 11) is -1.64. The summed E-state index contributed by atoms with van der Waals surface area (Å²) in [4.78, 5) is 17.9. The maximum absolute atomic E-state index is 13.3. The maximum Gasteiger partial charge on any atom is 0.261 e. The molecule has 10 heteroatoms. The van der Waals surface area contributed by atoms with Gasteiger partial charge in [-0.1, -0.05) is 45.0 Å². The second-order valence-corrected chi connectivity index (χ2v) is 14.1. The van der Waals surface area contributed by atoms with Gasteiger partial charge in [0.2, 0.25) is 0 Å². The lowest BCUT2D eigenvalue weighted by atomic mass is 9.87. The standard InChI is InChI=1S/C34H39N7O2S/c1-23-28(7-6-8-30(23)39-44(42,43)27-15-9-24(10-16-27)34(2,3)4)32-37-31-29(17-18-35-31)33(38-32)36-25-11-13-26(14-12-25)41-21-19-40(5)20-22-41/h6-18,39H,19-22H2,1-5H3,(H2,35,36,37,38). The molecule has 1 fully saturated rings. The summed E-state index contributed by atoms with van der Waals surface area (Å²) in [6.45, 7) is 12.3. The lowest BCUT2D eigenvalue weighted by Gasteiger charge is -2.34. The molecule has 0 amide bonds. The number of benzene rings is 3. The number of rotatable bonds is 7. The third kappa shape index (κ3) is 6.13. The Balaban J connectivity index is 1.27. The predicted octanol–water partition coefficient (Wildman–Crippen LogP) is 6.53. The topological polar surface area (TPSA) is 106 Å². The molecular weight excluding hydrogens is 570 g/mol. The fraction of sp³-hybridized carbons (Fsp3) is 0.294. The number of aromatic amines is 1. The molecule has 2 aromatic heterocycles. The number of hydrogen-bond donors (Lipinski definition) is 3. The van der Waals surface area contributed by atoms with Gasteiger partial charge in [0.1, 0.15) is 11.5 Å². The normalized spacial score (nSPS) is 14.6. The number of nitrogens with one attached hydrogen (secondary N) is 3. The SMILES string of the molecule is Cc1c(NS(=O)(=O)c2ccc(C(C)(C)C)cc2)cccc1-c1nc(Nc2ccc(N3CCN(C)CC3)cc2)c2cc[nH]c2n1. The van der Waals surface area contributed by atoms with Crippen molar-refractivity contribution in [3.8, 4) is 11.4 Å². The van der Waals surface area contributed by atoms with Gasteiger partial charge in [0.25, 0.3) is 10.0 Å². The average Bonchev–Trinajstić information content (AvgIpc) is 3.48. The van der Waals surface area contributed by atoms with Crippen LogP contribution in [0.1, 0.15) is 31.9 Å². The van der Waals surface area contributed by atoms with E-state index in [1.807, 2.05) is 43.5 Å². The Labute approximate surface area is 259 Å². The Hall–Kier alpha value is -4.41. The molecular formula is C34H39N7O2S. The van der Waals surface area contributed by atoms with E-state index < -0.39 is 10.0 Å². The van der Waals surface area contributed by atoms with Crippen LogP contribution in [-0.2, 0) is 15.4 Å². The van der Waals surface area contributed by atoms with Crippen LogP contribution in [0.2, 0.25) is 0 Å². The second-order valence-electron chi connectivity index (χ2n) is 12.5. The molecule has 9 nitrogen and oxygen atoms in total. The number of hydrogen-bond acceptors (Lipinski definition) is 7. The second kappa shape index (κ2) is 11.6. The number of sulfonamides is 1. The van der Waals surface area contributed by atoms with Gasteiger partial charge in [-0.05, 0) is 79.0 Å². The fourth-order valence-electron chi connectivity index (χ4n) is 5.44. The zero-order valence-corrected chi connectivity index (χ0v) is 26.7. The van der Waals surface area contributed by atoms with Crippen LogP contribution in [0.5, 0.6) is 0 Å². The predicted molar refractivity (Wildman–Crippen MR) is 179 cm³/mol. The average molecular weight is 610 g/mol. The lowest BCUT2D eigenvalue weighted by Crippen LogP contribution is -2.44. The zero-order valence-electron chi connectivity index (χ0n) is 25.8. The van der Waals surface area contributed by atoms with Gasteiger partial charge >= 0.3 is 0 Å². The van der Waals surface area contributed by atoms with E-state index in [0.29, 0.717) is 23.0 Å². The van der Waals surface area contributed by atoms with Crippen molar-refractivity contribution in [1.29, 1.82) is 0 Å². The number of aromatic nitrogens is 3. The Kier molecular flexibility index (Phi) is 7.81. The van der Waals surface area contributed by atoms with Crippen LogP contribution >= 0.6 is 0 Å². The van der Waals surface area contributed by atoms with Crippen LogP contribution in [-0.4, -0.2) is 61.5 Å². The molecule has 0 aliphatic carbocycles. The van der Waals surface area contributed by atoms with E-state index in [1.54, 1.807) is 18.2 Å². The molecule has 0 bridgehead atoms. The van der Waals surface area contributed by atoms with Crippen molar-refractivity contribution in [3.63, 3.8) is 0 Å². The van der Waals surface area contributed by atoms with Gasteiger partial charge in [-0.15, -0.1) is 0 Å². The highest BCUT2D eigenvalue weighted by molar-refractivity contribution is 7.92. The molecule has 1 saturated heterocycles. The van der Waals surface area contributed by atoms with Crippen molar-refractivity contribution in [1.82, 2.24) is 19.9 Å². The molecule has 6 rings (SSSR count). The molecule has 0 atom stereocenters. The zero-order chi connectivity index (χ0) is 31.1. The van der Waals surface area contributed by atoms with E-state index in [1.165, 1.54) is 5.69 Å². The van der Waals surface area contributed by atoms with E-state index >= 15 is 0 Å². The Morgan fingerprint density at radius 3 is 2.25 bits per heavy atom. The summed E-state index contributed by atoms with van der Waals surface area (Å²) in [5.41, 5.74) is 5.77. The summed E-state index contributed by atoms with van der Waals surface area (Å²) in [6.07, 6.45) is 1.84. The summed E-state index contributed by atoms with van der Waals surface area (Å²) in [5.74, 6) is 1.16. The first-order valence-electron chi connectivity index (χ1n) is 14.9. The van der Waals surface area contributed by atoms with E-state index in [-0.39, 0.29) is 10.3 Å². The summed E-state index contributed by atoms with van der Waals surface area (Å²) in [6, 6.07) is 22.9. The number of piperazine rings is 1. The molecule has 3 heterocycles. The number of fused-ring (bicyclic) bond motifs is 1. The molecule has 1 aliphatic rings. The first-order chi connectivity index (χ1) is 21.0. The largest absolute Gasteiger partial charge is 0.369 e. The van der Waals surface area contributed by atoms with Crippen molar-refractivity contribution >= 4 is 43.9 Å². The smallest absolute Gasteiger partial charge is 0.261 e. The highest BCUT2D eigenvalue weighted by Gasteiger charge is 2.21. The molecule has 44 heavy (non-hydrogen) atoms. The highest BCUT2D eigenvalue weighted by Crippen LogP contribution is 2.32. The van der Waals surface area contributed by atoms with Gasteiger partial charge in [0, 0.05) is 49.3 Å². The van der Waals surface area contributed by atoms with Crippen molar-refractivity contribution in [2.24, 2.45) is 0 Å². The summed E-state index contributed by atoms with van der Waals surface area (Å²) < 4.78 is 29.5. The van der Waals surface area contributed by atoms with Crippen molar-refractivity contribution in [3.05, 3.63) is 90.1 Å². The van der Waals surface area contributed by atoms with Crippen LogP contribution in [0.4, 0.5) is 22.9 Å². The van der Waals surface area contributed by atoms with Crippen LogP contribution in [0, 0.1) is 6.92 Å². The van der Waals surface area contributed by atoms with E-state index in [4.69, 9.17) is 9.97 Å². The Bertz CT molecular complexity index is 1890. The minimum Gasteiger partial charge on any atom is -0.369 e. The van der Waals surface area contributed by atoms with E-state index in [0.717, 1.165) is 53.9 Å². The van der Waals surface area contributed by atoms with Gasteiger partial charge in [-0.3, -0.25) is 4.72 Å².